The van der Waals surface area contributed by atoms with Crippen molar-refractivity contribution in [3.63, 3.8) is 0 Å². The molecule has 27 heavy (non-hydrogen) atoms. The number of alkyl halides is 3. The van der Waals surface area contributed by atoms with E-state index < -0.39 is 34.2 Å². The first kappa shape index (κ1) is 21.3. The molecule has 2 aromatic rings. The summed E-state index contributed by atoms with van der Waals surface area (Å²) in [7, 11) is -4.45. The highest BCUT2D eigenvalue weighted by atomic mass is 35.5. The maximum Gasteiger partial charge on any atom is 0.416 e. The second-order valence-corrected chi connectivity index (χ2v) is 7.88. The van der Waals surface area contributed by atoms with Gasteiger partial charge in [-0.2, -0.15) is 13.2 Å². The van der Waals surface area contributed by atoms with Crippen molar-refractivity contribution >= 4 is 44.8 Å². The van der Waals surface area contributed by atoms with Crippen molar-refractivity contribution in [1.29, 1.82) is 0 Å². The molecule has 6 nitrogen and oxygen atoms in total. The standard InChI is InChI=1S/C15H12Cl2F3N3O3S/c16-12-5-4-11(7-13(12)17)27(25,26)23(8-14(24)22-21)10-3-1-2-9(6-10)15(18,19)20/h1-7H,8,21H2,(H,22,24). The van der Waals surface area contributed by atoms with E-state index in [0.29, 0.717) is 10.4 Å². The quantitative estimate of drug-likeness (QED) is 0.423. The van der Waals surface area contributed by atoms with Gasteiger partial charge in [0.25, 0.3) is 15.9 Å². The third-order valence-corrected chi connectivity index (χ3v) is 5.90. The Hall–Kier alpha value is -2.01. The van der Waals surface area contributed by atoms with Crippen LogP contribution in [0.4, 0.5) is 18.9 Å². The van der Waals surface area contributed by atoms with Crippen LogP contribution in [-0.2, 0) is 21.0 Å². The summed E-state index contributed by atoms with van der Waals surface area (Å²) in [6, 6.07) is 6.88. The number of nitrogens with one attached hydrogen (secondary N) is 1. The van der Waals surface area contributed by atoms with E-state index >= 15 is 0 Å². The molecule has 0 aromatic heterocycles. The van der Waals surface area contributed by atoms with Crippen LogP contribution in [0.2, 0.25) is 10.0 Å². The molecule has 0 atom stereocenters. The number of hydrogen-bond donors (Lipinski definition) is 2. The molecule has 3 N–H and O–H groups in total. The first-order valence-corrected chi connectivity index (χ1v) is 9.31. The number of benzene rings is 2. The van der Waals surface area contributed by atoms with Crippen LogP contribution >= 0.6 is 23.2 Å². The van der Waals surface area contributed by atoms with Crippen molar-refractivity contribution in [1.82, 2.24) is 5.43 Å². The molecule has 146 valence electrons. The van der Waals surface area contributed by atoms with Gasteiger partial charge in [0.15, 0.2) is 0 Å². The van der Waals surface area contributed by atoms with E-state index in [4.69, 9.17) is 29.0 Å². The molecule has 0 aliphatic carbocycles. The van der Waals surface area contributed by atoms with Crippen molar-refractivity contribution in [2.75, 3.05) is 10.8 Å². The zero-order valence-electron chi connectivity index (χ0n) is 13.3. The molecule has 0 saturated carbocycles. The fraction of sp³-hybridized carbons (Fsp3) is 0.133. The molecule has 12 heteroatoms. The normalized spacial score (nSPS) is 11.9. The molecular weight excluding hydrogens is 430 g/mol. The number of hydrogen-bond acceptors (Lipinski definition) is 4. The molecule has 2 aromatic carbocycles. The number of amides is 1. The van der Waals surface area contributed by atoms with E-state index in [1.165, 1.54) is 6.07 Å². The molecule has 0 radical (unpaired) electrons. The minimum atomic E-state index is -4.70. The van der Waals surface area contributed by atoms with Gasteiger partial charge in [0.1, 0.15) is 6.54 Å². The van der Waals surface area contributed by atoms with Gasteiger partial charge in [-0.3, -0.25) is 14.5 Å². The first-order chi connectivity index (χ1) is 12.5. The fourth-order valence-electron chi connectivity index (χ4n) is 2.09. The number of halogens is 5. The Morgan fingerprint density at radius 2 is 1.78 bits per heavy atom. The average Bonchev–Trinajstić information content (AvgIpc) is 2.60. The molecular formula is C15H12Cl2F3N3O3S. The lowest BCUT2D eigenvalue weighted by atomic mass is 10.2. The molecule has 1 amide bonds. The van der Waals surface area contributed by atoms with E-state index in [2.05, 4.69) is 0 Å². The highest BCUT2D eigenvalue weighted by Crippen LogP contribution is 2.34. The zero-order valence-corrected chi connectivity index (χ0v) is 15.6. The van der Waals surface area contributed by atoms with E-state index in [-0.39, 0.29) is 20.6 Å². The number of rotatable bonds is 5. The average molecular weight is 442 g/mol. The monoisotopic (exact) mass is 441 g/mol. The molecule has 2 rings (SSSR count). The van der Waals surface area contributed by atoms with Crippen LogP contribution in [-0.4, -0.2) is 20.9 Å². The van der Waals surface area contributed by atoms with Crippen molar-refractivity contribution in [3.05, 3.63) is 58.1 Å². The van der Waals surface area contributed by atoms with E-state index in [1.807, 2.05) is 0 Å². The third-order valence-electron chi connectivity index (χ3n) is 3.39. The number of carbonyl (C=O) groups is 1. The largest absolute Gasteiger partial charge is 0.416 e. The summed E-state index contributed by atoms with van der Waals surface area (Å²) in [4.78, 5) is 11.3. The van der Waals surface area contributed by atoms with Crippen molar-refractivity contribution in [3.8, 4) is 0 Å². The summed E-state index contributed by atoms with van der Waals surface area (Å²) in [5.41, 5.74) is 0.283. The lowest BCUT2D eigenvalue weighted by Crippen LogP contribution is -2.43. The summed E-state index contributed by atoms with van der Waals surface area (Å²) < 4.78 is 65.3. The lowest BCUT2D eigenvalue weighted by molar-refractivity contribution is -0.137. The highest BCUT2D eigenvalue weighted by molar-refractivity contribution is 7.92. The van der Waals surface area contributed by atoms with Gasteiger partial charge < -0.3 is 0 Å². The first-order valence-electron chi connectivity index (χ1n) is 7.11. The predicted molar refractivity (Wildman–Crippen MR) is 94.8 cm³/mol. The van der Waals surface area contributed by atoms with Crippen molar-refractivity contribution in [2.24, 2.45) is 5.84 Å². The second-order valence-electron chi connectivity index (χ2n) is 5.20. The highest BCUT2D eigenvalue weighted by Gasteiger charge is 2.33. The van der Waals surface area contributed by atoms with Gasteiger partial charge >= 0.3 is 6.18 Å². The van der Waals surface area contributed by atoms with Crippen LogP contribution in [0.25, 0.3) is 0 Å². The van der Waals surface area contributed by atoms with Crippen LogP contribution < -0.4 is 15.6 Å². The molecule has 0 heterocycles. The number of hydrazine groups is 1. The topological polar surface area (TPSA) is 92.5 Å². The van der Waals surface area contributed by atoms with E-state index in [0.717, 1.165) is 30.3 Å². The lowest BCUT2D eigenvalue weighted by Gasteiger charge is -2.24. The molecule has 0 spiro atoms. The Morgan fingerprint density at radius 3 is 2.33 bits per heavy atom. The van der Waals surface area contributed by atoms with Crippen LogP contribution in [0, 0.1) is 0 Å². The van der Waals surface area contributed by atoms with Gasteiger partial charge in [-0.25, -0.2) is 14.3 Å². The van der Waals surface area contributed by atoms with E-state index in [9.17, 15) is 26.4 Å². The summed E-state index contributed by atoms with van der Waals surface area (Å²) in [6.45, 7) is -0.847. The van der Waals surface area contributed by atoms with Crippen molar-refractivity contribution < 1.29 is 26.4 Å². The van der Waals surface area contributed by atoms with Crippen LogP contribution in [0.1, 0.15) is 5.56 Å². The minimum absolute atomic E-state index is 0.0787. The summed E-state index contributed by atoms with van der Waals surface area (Å²) in [6.07, 6.45) is -4.70. The summed E-state index contributed by atoms with van der Waals surface area (Å²) in [5, 5.41) is 0.00551. The molecule has 0 aliphatic rings. The third kappa shape index (κ3) is 4.83. The van der Waals surface area contributed by atoms with Crippen LogP contribution in [0.5, 0.6) is 0 Å². The Kier molecular flexibility index (Phi) is 6.25. The summed E-state index contributed by atoms with van der Waals surface area (Å²) in [5.74, 6) is 4.05. The Labute approximate surface area is 162 Å². The Morgan fingerprint density at radius 1 is 1.11 bits per heavy atom. The number of sulfonamides is 1. The number of nitrogens with zero attached hydrogens (tertiary/aromatic N) is 1. The van der Waals surface area contributed by atoms with Crippen LogP contribution in [0.15, 0.2) is 47.4 Å². The number of anilines is 1. The number of carbonyl (C=O) groups excluding carboxylic acids is 1. The van der Waals surface area contributed by atoms with E-state index in [1.54, 1.807) is 5.43 Å². The maximum absolute atomic E-state index is 13.0. The minimum Gasteiger partial charge on any atom is -0.293 e. The van der Waals surface area contributed by atoms with Gasteiger partial charge in [0.2, 0.25) is 0 Å². The van der Waals surface area contributed by atoms with Gasteiger partial charge in [-0.1, -0.05) is 29.3 Å². The molecule has 0 aliphatic heterocycles. The zero-order chi connectivity index (χ0) is 20.4. The Balaban J connectivity index is 2.61. The van der Waals surface area contributed by atoms with Gasteiger partial charge in [0, 0.05) is 0 Å². The predicted octanol–water partition coefficient (Wildman–Crippen LogP) is 3.20. The van der Waals surface area contributed by atoms with Gasteiger partial charge in [-0.15, -0.1) is 0 Å². The van der Waals surface area contributed by atoms with Crippen molar-refractivity contribution in [2.45, 2.75) is 11.1 Å². The molecule has 0 fully saturated rings. The molecule has 0 saturated heterocycles. The van der Waals surface area contributed by atoms with Gasteiger partial charge in [-0.05, 0) is 36.4 Å². The second kappa shape index (κ2) is 7.93. The fourth-order valence-corrected chi connectivity index (χ4v) is 3.90. The summed E-state index contributed by atoms with van der Waals surface area (Å²) >= 11 is 11.6. The Bertz CT molecular complexity index is 968. The SMILES string of the molecule is NNC(=O)CN(c1cccc(C(F)(F)F)c1)S(=O)(=O)c1ccc(Cl)c(Cl)c1. The molecule has 0 unspecified atom stereocenters. The van der Waals surface area contributed by atoms with Crippen LogP contribution in [0.3, 0.4) is 0 Å². The smallest absolute Gasteiger partial charge is 0.293 e. The number of nitrogens with two attached hydrogens (primary N) is 1. The molecule has 0 bridgehead atoms. The van der Waals surface area contributed by atoms with Gasteiger partial charge in [0.05, 0.1) is 26.2 Å². The maximum atomic E-state index is 13.0.